The Morgan fingerprint density at radius 1 is 0.759 bits per heavy atom. The minimum atomic E-state index is -4.62. The van der Waals surface area contributed by atoms with E-state index in [0.29, 0.717) is 11.1 Å². The molecule has 0 spiro atoms. The molecule has 0 aliphatic carbocycles. The molecule has 160 valence electrons. The third-order valence-corrected chi connectivity index (χ3v) is 6.88. The van der Waals surface area contributed by atoms with E-state index in [1.165, 1.54) is 0 Å². The van der Waals surface area contributed by atoms with E-state index in [1.54, 1.807) is 0 Å². The first-order chi connectivity index (χ1) is 13.2. The van der Waals surface area contributed by atoms with Gasteiger partial charge in [0.15, 0.2) is 0 Å². The largest absolute Gasteiger partial charge is 0.744 e. The van der Waals surface area contributed by atoms with Gasteiger partial charge in [-0.3, -0.25) is 0 Å². The van der Waals surface area contributed by atoms with Gasteiger partial charge in [-0.2, -0.15) is 8.42 Å². The highest BCUT2D eigenvalue weighted by Crippen LogP contribution is 2.36. The fraction of sp³-hybridized carbons (Fsp3) is 0.429. The monoisotopic (exact) mass is 439 g/mol. The van der Waals surface area contributed by atoms with Crippen molar-refractivity contribution >= 4 is 20.2 Å². The highest BCUT2D eigenvalue weighted by Gasteiger charge is 2.28. The highest BCUT2D eigenvalue weighted by atomic mass is 32.2. The second-order valence-electron chi connectivity index (χ2n) is 7.96. The Morgan fingerprint density at radius 3 is 1.55 bits per heavy atom. The molecule has 6 nitrogen and oxygen atoms in total. The molecule has 2 aromatic rings. The SMILES string of the molecule is CC(C)c1cc(C(C)C)c(S(=O)(=O)Oc2ccc(S(=O)(=O)[O-])cc2)c(C(C)C)c1. The first-order valence-electron chi connectivity index (χ1n) is 9.42. The molecule has 0 aliphatic heterocycles. The molecule has 8 heteroatoms. The van der Waals surface area contributed by atoms with Crippen LogP contribution in [0.3, 0.4) is 0 Å². The van der Waals surface area contributed by atoms with Crippen molar-refractivity contribution in [2.24, 2.45) is 0 Å². The van der Waals surface area contributed by atoms with Crippen molar-refractivity contribution in [1.29, 1.82) is 0 Å². The van der Waals surface area contributed by atoms with Crippen LogP contribution in [-0.2, 0) is 20.2 Å². The van der Waals surface area contributed by atoms with Gasteiger partial charge < -0.3 is 8.74 Å². The van der Waals surface area contributed by atoms with Gasteiger partial charge in [-0.1, -0.05) is 53.7 Å². The molecule has 0 fully saturated rings. The van der Waals surface area contributed by atoms with Crippen molar-refractivity contribution in [2.75, 3.05) is 0 Å². The van der Waals surface area contributed by atoms with Crippen LogP contribution < -0.4 is 4.18 Å². The summed E-state index contributed by atoms with van der Waals surface area (Å²) in [6, 6.07) is 8.20. The molecule has 0 aromatic heterocycles. The zero-order valence-corrected chi connectivity index (χ0v) is 19.1. The minimum Gasteiger partial charge on any atom is -0.744 e. The van der Waals surface area contributed by atoms with Crippen molar-refractivity contribution < 1.29 is 25.6 Å². The van der Waals surface area contributed by atoms with E-state index in [2.05, 4.69) is 13.8 Å². The molecule has 0 atom stereocenters. The molecular formula is C21H27O6S2-. The normalized spacial score (nSPS) is 12.8. The summed E-state index contributed by atoms with van der Waals surface area (Å²) in [5, 5.41) is 0. The van der Waals surface area contributed by atoms with E-state index in [0.717, 1.165) is 29.8 Å². The summed E-state index contributed by atoms with van der Waals surface area (Å²) in [6.07, 6.45) is 0. The van der Waals surface area contributed by atoms with Gasteiger partial charge in [0.05, 0.1) is 4.90 Å². The van der Waals surface area contributed by atoms with Gasteiger partial charge in [0, 0.05) is 0 Å². The van der Waals surface area contributed by atoms with Crippen LogP contribution in [-0.4, -0.2) is 21.4 Å². The van der Waals surface area contributed by atoms with Crippen LogP contribution in [0.15, 0.2) is 46.2 Å². The van der Waals surface area contributed by atoms with Gasteiger partial charge in [-0.05, 0) is 58.7 Å². The van der Waals surface area contributed by atoms with E-state index in [1.807, 2.05) is 39.8 Å². The Bertz CT molecular complexity index is 1050. The van der Waals surface area contributed by atoms with Crippen molar-refractivity contribution in [1.82, 2.24) is 0 Å². The van der Waals surface area contributed by atoms with Gasteiger partial charge in [-0.25, -0.2) is 8.42 Å². The zero-order valence-electron chi connectivity index (χ0n) is 17.5. The van der Waals surface area contributed by atoms with Crippen molar-refractivity contribution in [3.63, 3.8) is 0 Å². The number of hydrogen-bond donors (Lipinski definition) is 0. The topological polar surface area (TPSA) is 101 Å². The van der Waals surface area contributed by atoms with E-state index in [4.69, 9.17) is 4.18 Å². The molecule has 0 saturated carbocycles. The maximum absolute atomic E-state index is 13.2. The fourth-order valence-corrected chi connectivity index (χ4v) is 5.09. The Labute approximate surface area is 173 Å². The molecule has 29 heavy (non-hydrogen) atoms. The molecule has 2 aromatic carbocycles. The predicted octanol–water partition coefficient (Wildman–Crippen LogP) is 4.73. The lowest BCUT2D eigenvalue weighted by Gasteiger charge is -2.22. The Hall–Kier alpha value is -1.90. The quantitative estimate of drug-likeness (QED) is 0.457. The molecule has 0 aliphatic rings. The second kappa shape index (κ2) is 8.45. The average molecular weight is 440 g/mol. The molecule has 0 saturated heterocycles. The Morgan fingerprint density at radius 2 is 1.21 bits per heavy atom. The van der Waals surface area contributed by atoms with Crippen molar-refractivity contribution in [3.8, 4) is 5.75 Å². The summed E-state index contributed by atoms with van der Waals surface area (Å²) in [5.74, 6) is 0.0825. The summed E-state index contributed by atoms with van der Waals surface area (Å²) in [7, 11) is -8.80. The number of hydrogen-bond acceptors (Lipinski definition) is 6. The summed E-state index contributed by atoms with van der Waals surface area (Å²) < 4.78 is 64.9. The van der Waals surface area contributed by atoms with Crippen LogP contribution in [0.5, 0.6) is 5.75 Å². The second-order valence-corrected chi connectivity index (χ2v) is 10.8. The maximum atomic E-state index is 13.2. The highest BCUT2D eigenvalue weighted by molar-refractivity contribution is 7.87. The van der Waals surface area contributed by atoms with Gasteiger partial charge in [0.1, 0.15) is 20.8 Å². The number of benzene rings is 2. The van der Waals surface area contributed by atoms with Gasteiger partial charge in [0.25, 0.3) is 0 Å². The lowest BCUT2D eigenvalue weighted by molar-refractivity contribution is 0.463. The van der Waals surface area contributed by atoms with Crippen LogP contribution >= 0.6 is 0 Å². The van der Waals surface area contributed by atoms with Crippen LogP contribution in [0.4, 0.5) is 0 Å². The molecule has 0 radical (unpaired) electrons. The van der Waals surface area contributed by atoms with Crippen LogP contribution in [0, 0.1) is 0 Å². The van der Waals surface area contributed by atoms with Gasteiger partial charge >= 0.3 is 10.1 Å². The third kappa shape index (κ3) is 5.38. The van der Waals surface area contributed by atoms with Gasteiger partial charge in [0.2, 0.25) is 0 Å². The Balaban J connectivity index is 2.61. The molecule has 2 rings (SSSR count). The molecule has 0 unspecified atom stereocenters. The first-order valence-corrected chi connectivity index (χ1v) is 12.2. The standard InChI is InChI=1S/C21H28O6S2/c1-13(2)16-11-19(14(3)4)21(20(12-16)15(5)6)29(25,26)27-17-7-9-18(10-8-17)28(22,23)24/h7-15H,1-6H3,(H,22,23,24)/p-1. The van der Waals surface area contributed by atoms with Crippen LogP contribution in [0.25, 0.3) is 0 Å². The third-order valence-electron chi connectivity index (χ3n) is 4.65. The van der Waals surface area contributed by atoms with E-state index in [-0.39, 0.29) is 28.4 Å². The smallest absolute Gasteiger partial charge is 0.339 e. The first kappa shape index (κ1) is 23.4. The van der Waals surface area contributed by atoms with Crippen molar-refractivity contribution in [3.05, 3.63) is 53.1 Å². The molecule has 0 bridgehead atoms. The summed E-state index contributed by atoms with van der Waals surface area (Å²) in [6.45, 7) is 11.8. The summed E-state index contributed by atoms with van der Waals surface area (Å²) in [4.78, 5) is -0.304. The van der Waals surface area contributed by atoms with E-state index < -0.39 is 25.1 Å². The summed E-state index contributed by atoms with van der Waals surface area (Å²) in [5.41, 5.74) is 2.42. The fourth-order valence-electron chi connectivity index (χ4n) is 3.01. The van der Waals surface area contributed by atoms with Crippen molar-refractivity contribution in [2.45, 2.75) is 69.1 Å². The molecule has 0 heterocycles. The van der Waals surface area contributed by atoms with Crippen LogP contribution in [0.2, 0.25) is 0 Å². The molecule has 0 N–H and O–H groups in total. The van der Waals surface area contributed by atoms with E-state index >= 15 is 0 Å². The lowest BCUT2D eigenvalue weighted by atomic mass is 9.89. The minimum absolute atomic E-state index is 0.0486. The zero-order chi connectivity index (χ0) is 22.1. The predicted molar refractivity (Wildman–Crippen MR) is 111 cm³/mol. The number of rotatable bonds is 7. The van der Waals surface area contributed by atoms with Gasteiger partial charge in [-0.15, -0.1) is 0 Å². The summed E-state index contributed by atoms with van der Waals surface area (Å²) >= 11 is 0. The van der Waals surface area contributed by atoms with E-state index in [9.17, 15) is 21.4 Å². The average Bonchev–Trinajstić information content (AvgIpc) is 2.59. The maximum Gasteiger partial charge on any atom is 0.339 e. The molecular weight excluding hydrogens is 412 g/mol. The van der Waals surface area contributed by atoms with Crippen LogP contribution in [0.1, 0.15) is 76.0 Å². The Kier molecular flexibility index (Phi) is 6.82. The molecule has 0 amide bonds. The lowest BCUT2D eigenvalue weighted by Crippen LogP contribution is -2.17.